The Kier molecular flexibility index (Phi) is 3.34. The smallest absolute Gasteiger partial charge is 0.393 e. The fourth-order valence-corrected chi connectivity index (χ4v) is 2.27. The molecule has 1 aromatic carbocycles. The lowest BCUT2D eigenvalue weighted by Gasteiger charge is -2.09. The summed E-state index contributed by atoms with van der Waals surface area (Å²) in [4.78, 5) is 22.2. The molecule has 0 radical (unpaired) electrons. The van der Waals surface area contributed by atoms with Gasteiger partial charge in [-0.2, -0.15) is 13.2 Å². The topological polar surface area (TPSA) is 43.4 Å². The molecular weight excluding hydrogens is 269 g/mol. The zero-order valence-electron chi connectivity index (χ0n) is 8.86. The molecule has 1 aliphatic rings. The molecule has 96 valence electrons. The van der Waals surface area contributed by atoms with Gasteiger partial charge in [0.2, 0.25) is 0 Å². The highest BCUT2D eigenvalue weighted by molar-refractivity contribution is 8.00. The Morgan fingerprint density at radius 3 is 2.56 bits per heavy atom. The van der Waals surface area contributed by atoms with E-state index in [0.717, 1.165) is 0 Å². The number of ether oxygens (including phenoxy) is 1. The molecule has 1 aliphatic heterocycles. The lowest BCUT2D eigenvalue weighted by molar-refractivity contribution is -0.152. The maximum absolute atomic E-state index is 12.2. The second-order valence-corrected chi connectivity index (χ2v) is 4.81. The van der Waals surface area contributed by atoms with E-state index >= 15 is 0 Å². The monoisotopic (exact) mass is 276 g/mol. The summed E-state index contributed by atoms with van der Waals surface area (Å²) >= 11 is -0.261. The van der Waals surface area contributed by atoms with Crippen LogP contribution in [-0.2, 0) is 14.3 Å². The average Bonchev–Trinajstić information content (AvgIpc) is 2.55. The molecule has 0 N–H and O–H groups in total. The summed E-state index contributed by atoms with van der Waals surface area (Å²) < 4.78 is 41.0. The summed E-state index contributed by atoms with van der Waals surface area (Å²) in [7, 11) is 0. The zero-order valence-corrected chi connectivity index (χ0v) is 9.68. The molecule has 7 heteroatoms. The number of rotatable bonds is 2. The minimum absolute atomic E-state index is 0.0212. The number of benzene rings is 1. The summed E-state index contributed by atoms with van der Waals surface area (Å²) in [6.07, 6.45) is -0.126. The van der Waals surface area contributed by atoms with Gasteiger partial charge in [0.15, 0.2) is 0 Å². The van der Waals surface area contributed by atoms with Crippen molar-refractivity contribution in [3.8, 4) is 0 Å². The number of cyclic esters (lactones) is 2. The van der Waals surface area contributed by atoms with Crippen molar-refractivity contribution in [3.05, 3.63) is 29.8 Å². The molecule has 1 fully saturated rings. The van der Waals surface area contributed by atoms with E-state index in [1.54, 1.807) is 0 Å². The Balaban J connectivity index is 2.22. The van der Waals surface area contributed by atoms with Crippen molar-refractivity contribution in [1.82, 2.24) is 0 Å². The number of hydrogen-bond donors (Lipinski definition) is 0. The van der Waals surface area contributed by atoms with E-state index in [4.69, 9.17) is 0 Å². The average molecular weight is 276 g/mol. The minimum Gasteiger partial charge on any atom is -0.393 e. The predicted octanol–water partition coefficient (Wildman–Crippen LogP) is 2.86. The van der Waals surface area contributed by atoms with Crippen molar-refractivity contribution >= 4 is 23.7 Å². The Morgan fingerprint density at radius 1 is 1.28 bits per heavy atom. The number of alkyl halides is 3. The van der Waals surface area contributed by atoms with Gasteiger partial charge in [0.05, 0.1) is 12.3 Å². The second-order valence-electron chi connectivity index (χ2n) is 3.67. The third-order valence-corrected chi connectivity index (χ3v) is 3.08. The molecular formula is C11H7F3O3S. The Labute approximate surface area is 104 Å². The second kappa shape index (κ2) is 4.64. The van der Waals surface area contributed by atoms with E-state index in [1.165, 1.54) is 24.3 Å². The SMILES string of the molecule is O=C1CC(c2cccc(SC(F)(F)F)c2)C(=O)O1. The number of hydrogen-bond acceptors (Lipinski definition) is 4. The van der Waals surface area contributed by atoms with E-state index in [9.17, 15) is 22.8 Å². The van der Waals surface area contributed by atoms with Crippen LogP contribution in [0.3, 0.4) is 0 Å². The van der Waals surface area contributed by atoms with E-state index in [1.807, 2.05) is 0 Å². The molecule has 0 aromatic heterocycles. The standard InChI is InChI=1S/C11H7F3O3S/c12-11(13,14)18-7-3-1-2-6(4-7)8-5-9(15)17-10(8)16/h1-4,8H,5H2. The number of carbonyl (C=O) groups is 2. The van der Waals surface area contributed by atoms with Crippen LogP contribution in [0, 0.1) is 0 Å². The quantitative estimate of drug-likeness (QED) is 0.473. The molecule has 1 heterocycles. The van der Waals surface area contributed by atoms with Crippen molar-refractivity contribution in [2.45, 2.75) is 22.7 Å². The van der Waals surface area contributed by atoms with Gasteiger partial charge in [-0.1, -0.05) is 12.1 Å². The minimum atomic E-state index is -4.38. The molecule has 2 rings (SSSR count). The largest absolute Gasteiger partial charge is 0.446 e. The first-order valence-corrected chi connectivity index (χ1v) is 5.77. The normalized spacial score (nSPS) is 20.1. The number of carbonyl (C=O) groups excluding carboxylic acids is 2. The van der Waals surface area contributed by atoms with Gasteiger partial charge < -0.3 is 4.74 Å². The highest BCUT2D eigenvalue weighted by Crippen LogP contribution is 2.38. The lowest BCUT2D eigenvalue weighted by Crippen LogP contribution is -2.06. The summed E-state index contributed by atoms with van der Waals surface area (Å²) in [5.74, 6) is -2.17. The number of halogens is 3. The van der Waals surface area contributed by atoms with Crippen molar-refractivity contribution in [2.24, 2.45) is 0 Å². The van der Waals surface area contributed by atoms with Gasteiger partial charge in [0, 0.05) is 4.90 Å². The van der Waals surface area contributed by atoms with Crippen LogP contribution < -0.4 is 0 Å². The van der Waals surface area contributed by atoms with Crippen molar-refractivity contribution in [2.75, 3.05) is 0 Å². The van der Waals surface area contributed by atoms with Crippen LogP contribution in [0.15, 0.2) is 29.2 Å². The van der Waals surface area contributed by atoms with E-state index in [0.29, 0.717) is 5.56 Å². The molecule has 0 amide bonds. The number of thioether (sulfide) groups is 1. The first-order chi connectivity index (χ1) is 8.35. The van der Waals surface area contributed by atoms with Gasteiger partial charge in [0.25, 0.3) is 0 Å². The molecule has 0 aliphatic carbocycles. The van der Waals surface area contributed by atoms with Crippen LogP contribution in [0.5, 0.6) is 0 Å². The zero-order chi connectivity index (χ0) is 13.3. The molecule has 1 atom stereocenters. The molecule has 0 spiro atoms. The van der Waals surface area contributed by atoms with E-state index < -0.39 is 23.4 Å². The fourth-order valence-electron chi connectivity index (χ4n) is 1.66. The van der Waals surface area contributed by atoms with Crippen molar-refractivity contribution in [1.29, 1.82) is 0 Å². The molecule has 18 heavy (non-hydrogen) atoms. The van der Waals surface area contributed by atoms with Gasteiger partial charge in [-0.25, -0.2) is 0 Å². The van der Waals surface area contributed by atoms with Gasteiger partial charge in [-0.05, 0) is 29.5 Å². The molecule has 1 unspecified atom stereocenters. The molecule has 1 aromatic rings. The highest BCUT2D eigenvalue weighted by atomic mass is 32.2. The Bertz CT molecular complexity index is 499. The van der Waals surface area contributed by atoms with E-state index in [2.05, 4.69) is 4.74 Å². The van der Waals surface area contributed by atoms with Gasteiger partial charge in [0.1, 0.15) is 0 Å². The van der Waals surface area contributed by atoms with Crippen LogP contribution >= 0.6 is 11.8 Å². The number of esters is 2. The maximum Gasteiger partial charge on any atom is 0.446 e. The fraction of sp³-hybridized carbons (Fsp3) is 0.273. The van der Waals surface area contributed by atoms with Gasteiger partial charge in [-0.15, -0.1) is 0 Å². The van der Waals surface area contributed by atoms with Gasteiger partial charge >= 0.3 is 17.4 Å². The van der Waals surface area contributed by atoms with Crippen LogP contribution in [0.1, 0.15) is 17.9 Å². The van der Waals surface area contributed by atoms with Gasteiger partial charge in [-0.3, -0.25) is 9.59 Å². The van der Waals surface area contributed by atoms with Crippen LogP contribution in [-0.4, -0.2) is 17.4 Å². The summed E-state index contributed by atoms with van der Waals surface area (Å²) in [6, 6.07) is 5.47. The molecule has 3 nitrogen and oxygen atoms in total. The van der Waals surface area contributed by atoms with Crippen LogP contribution in [0.4, 0.5) is 13.2 Å². The first kappa shape index (κ1) is 12.9. The molecule has 1 saturated heterocycles. The summed E-state index contributed by atoms with van der Waals surface area (Å²) in [5.41, 5.74) is -4.02. The Morgan fingerprint density at radius 2 is 2.00 bits per heavy atom. The predicted molar refractivity (Wildman–Crippen MR) is 56.8 cm³/mol. The molecule has 0 bridgehead atoms. The maximum atomic E-state index is 12.2. The molecule has 0 saturated carbocycles. The summed E-state index contributed by atoms with van der Waals surface area (Å²) in [5, 5.41) is 0. The summed E-state index contributed by atoms with van der Waals surface area (Å²) in [6.45, 7) is 0. The van der Waals surface area contributed by atoms with Crippen LogP contribution in [0.2, 0.25) is 0 Å². The van der Waals surface area contributed by atoms with Crippen LogP contribution in [0.25, 0.3) is 0 Å². The first-order valence-electron chi connectivity index (χ1n) is 4.95. The van der Waals surface area contributed by atoms with Crippen molar-refractivity contribution in [3.63, 3.8) is 0 Å². The van der Waals surface area contributed by atoms with E-state index in [-0.39, 0.29) is 23.1 Å². The Hall–Kier alpha value is -1.50. The lowest BCUT2D eigenvalue weighted by atomic mass is 9.98. The van der Waals surface area contributed by atoms with Crippen molar-refractivity contribution < 1.29 is 27.5 Å². The third-order valence-electron chi connectivity index (χ3n) is 2.36. The third kappa shape index (κ3) is 3.04. The highest BCUT2D eigenvalue weighted by Gasteiger charge is 2.35.